The molecule has 1 unspecified atom stereocenters. The number of benzene rings is 1. The highest BCUT2D eigenvalue weighted by Gasteiger charge is 2.25. The maximum atomic E-state index is 3.66. The van der Waals surface area contributed by atoms with E-state index in [0.29, 0.717) is 5.41 Å². The van der Waals surface area contributed by atoms with Crippen LogP contribution in [0.1, 0.15) is 46.6 Å². The van der Waals surface area contributed by atoms with Crippen molar-refractivity contribution in [3.8, 4) is 0 Å². The quantitative estimate of drug-likeness (QED) is 0.764. The van der Waals surface area contributed by atoms with Gasteiger partial charge in [-0.05, 0) is 57.4 Å². The Balaban J connectivity index is 2.59. The molecule has 1 aromatic carbocycles. The lowest BCUT2D eigenvalue weighted by molar-refractivity contribution is 0.164. The molecule has 0 bridgehead atoms. The molecule has 0 aromatic heterocycles. The van der Waals surface area contributed by atoms with Crippen LogP contribution in [0.15, 0.2) is 28.7 Å². The lowest BCUT2D eigenvalue weighted by atomic mass is 9.86. The fourth-order valence-corrected chi connectivity index (χ4v) is 2.87. The van der Waals surface area contributed by atoms with E-state index in [1.807, 2.05) is 0 Å². The van der Waals surface area contributed by atoms with Crippen LogP contribution in [-0.2, 0) is 6.54 Å². The molecule has 0 saturated heterocycles. The van der Waals surface area contributed by atoms with Gasteiger partial charge in [-0.1, -0.05) is 41.9 Å². The average Bonchev–Trinajstić information content (AvgIpc) is 2.35. The van der Waals surface area contributed by atoms with Crippen molar-refractivity contribution >= 4 is 15.9 Å². The fourth-order valence-electron chi connectivity index (χ4n) is 2.43. The molecule has 0 spiro atoms. The Morgan fingerprint density at radius 2 is 1.86 bits per heavy atom. The molecular formula is C18H31BrN2. The Morgan fingerprint density at radius 1 is 1.19 bits per heavy atom. The summed E-state index contributed by atoms with van der Waals surface area (Å²) < 4.78 is 1.15. The predicted octanol–water partition coefficient (Wildman–Crippen LogP) is 4.69. The van der Waals surface area contributed by atoms with Gasteiger partial charge in [0.1, 0.15) is 0 Å². The zero-order valence-corrected chi connectivity index (χ0v) is 16.0. The van der Waals surface area contributed by atoms with Gasteiger partial charge in [-0.2, -0.15) is 0 Å². The van der Waals surface area contributed by atoms with Gasteiger partial charge in [0.2, 0.25) is 0 Å². The number of hydrogen-bond donors (Lipinski definition) is 1. The van der Waals surface area contributed by atoms with Crippen LogP contribution in [0.2, 0.25) is 0 Å². The molecule has 0 saturated carbocycles. The molecule has 0 aliphatic heterocycles. The molecule has 3 heteroatoms. The van der Waals surface area contributed by atoms with E-state index in [1.165, 1.54) is 12.0 Å². The largest absolute Gasteiger partial charge is 0.311 e. The van der Waals surface area contributed by atoms with Gasteiger partial charge in [-0.15, -0.1) is 0 Å². The van der Waals surface area contributed by atoms with Crippen molar-refractivity contribution in [2.75, 3.05) is 20.1 Å². The Bertz CT molecular complexity index is 439. The first-order valence-corrected chi connectivity index (χ1v) is 8.61. The molecule has 0 aliphatic carbocycles. The van der Waals surface area contributed by atoms with Crippen molar-refractivity contribution in [3.63, 3.8) is 0 Å². The molecule has 0 radical (unpaired) electrons. The minimum Gasteiger partial charge on any atom is -0.311 e. The summed E-state index contributed by atoms with van der Waals surface area (Å²) in [4.78, 5) is 2.43. The van der Waals surface area contributed by atoms with Crippen LogP contribution in [0.3, 0.4) is 0 Å². The number of rotatable bonds is 7. The van der Waals surface area contributed by atoms with Gasteiger partial charge in [-0.3, -0.25) is 0 Å². The lowest BCUT2D eigenvalue weighted by Gasteiger charge is -2.36. The van der Waals surface area contributed by atoms with Crippen molar-refractivity contribution < 1.29 is 0 Å². The van der Waals surface area contributed by atoms with Crippen LogP contribution in [0, 0.1) is 5.41 Å². The van der Waals surface area contributed by atoms with Gasteiger partial charge in [0.25, 0.3) is 0 Å². The van der Waals surface area contributed by atoms with E-state index in [0.717, 1.165) is 24.1 Å². The maximum Gasteiger partial charge on any atom is 0.0231 e. The molecule has 21 heavy (non-hydrogen) atoms. The number of nitrogens with one attached hydrogen (secondary N) is 1. The Hall–Kier alpha value is -0.380. The topological polar surface area (TPSA) is 15.3 Å². The van der Waals surface area contributed by atoms with E-state index < -0.39 is 0 Å². The van der Waals surface area contributed by atoms with Crippen molar-refractivity contribution in [1.29, 1.82) is 0 Å². The third kappa shape index (κ3) is 7.44. The predicted molar refractivity (Wildman–Crippen MR) is 96.6 cm³/mol. The van der Waals surface area contributed by atoms with E-state index in [9.17, 15) is 0 Å². The van der Waals surface area contributed by atoms with Gasteiger partial charge in [0.05, 0.1) is 0 Å². The summed E-state index contributed by atoms with van der Waals surface area (Å²) in [6, 6.07) is 8.57. The first-order valence-electron chi connectivity index (χ1n) is 7.81. The molecular weight excluding hydrogens is 324 g/mol. The van der Waals surface area contributed by atoms with Gasteiger partial charge in [-0.25, -0.2) is 0 Å². The normalized spacial score (nSPS) is 15.2. The summed E-state index contributed by atoms with van der Waals surface area (Å²) in [6.45, 7) is 14.5. The molecule has 1 aromatic rings. The van der Waals surface area contributed by atoms with Crippen LogP contribution in [0.5, 0.6) is 0 Å². The maximum absolute atomic E-state index is 3.66. The molecule has 1 atom stereocenters. The molecule has 1 rings (SSSR count). The fraction of sp³-hybridized carbons (Fsp3) is 0.667. The summed E-state index contributed by atoms with van der Waals surface area (Å²) in [5, 5.41) is 3.66. The van der Waals surface area contributed by atoms with Crippen LogP contribution in [0.4, 0.5) is 0 Å². The summed E-state index contributed by atoms with van der Waals surface area (Å²) in [7, 11) is 2.21. The van der Waals surface area contributed by atoms with E-state index >= 15 is 0 Å². The average molecular weight is 355 g/mol. The second kappa shape index (κ2) is 7.75. The van der Waals surface area contributed by atoms with E-state index in [-0.39, 0.29) is 5.54 Å². The molecule has 2 nitrogen and oxygen atoms in total. The molecule has 1 N–H and O–H groups in total. The van der Waals surface area contributed by atoms with Gasteiger partial charge in [0.15, 0.2) is 0 Å². The van der Waals surface area contributed by atoms with Crippen LogP contribution < -0.4 is 5.32 Å². The molecule has 120 valence electrons. The third-order valence-electron chi connectivity index (χ3n) is 3.89. The highest BCUT2D eigenvalue weighted by molar-refractivity contribution is 9.10. The van der Waals surface area contributed by atoms with Crippen molar-refractivity contribution in [2.45, 2.75) is 53.1 Å². The van der Waals surface area contributed by atoms with Crippen molar-refractivity contribution in [1.82, 2.24) is 10.2 Å². The van der Waals surface area contributed by atoms with Crippen molar-refractivity contribution in [3.05, 3.63) is 34.3 Å². The van der Waals surface area contributed by atoms with Crippen LogP contribution in [0.25, 0.3) is 0 Å². The monoisotopic (exact) mass is 354 g/mol. The number of halogens is 1. The number of nitrogens with zero attached hydrogens (tertiary/aromatic N) is 1. The second-order valence-electron chi connectivity index (χ2n) is 7.57. The van der Waals surface area contributed by atoms with E-state index in [2.05, 4.69) is 92.1 Å². The van der Waals surface area contributed by atoms with Crippen LogP contribution in [-0.4, -0.2) is 30.6 Å². The summed E-state index contributed by atoms with van der Waals surface area (Å²) in [5.41, 5.74) is 1.84. The Kier molecular flexibility index (Phi) is 6.89. The summed E-state index contributed by atoms with van der Waals surface area (Å²) >= 11 is 3.55. The zero-order valence-electron chi connectivity index (χ0n) is 14.5. The SMILES string of the molecule is CCC(C)(CNC(C)(C)C)CN(C)Cc1cccc(Br)c1. The number of hydrogen-bond acceptors (Lipinski definition) is 2. The van der Waals surface area contributed by atoms with Gasteiger partial charge >= 0.3 is 0 Å². The van der Waals surface area contributed by atoms with E-state index in [4.69, 9.17) is 0 Å². The van der Waals surface area contributed by atoms with Crippen molar-refractivity contribution in [2.24, 2.45) is 5.41 Å². The molecule has 0 aliphatic rings. The molecule has 0 heterocycles. The highest BCUT2D eigenvalue weighted by atomic mass is 79.9. The minimum atomic E-state index is 0.180. The summed E-state index contributed by atoms with van der Waals surface area (Å²) in [6.07, 6.45) is 1.18. The van der Waals surface area contributed by atoms with Gasteiger partial charge in [0, 0.05) is 29.6 Å². The highest BCUT2D eigenvalue weighted by Crippen LogP contribution is 2.23. The molecule has 0 fully saturated rings. The lowest BCUT2D eigenvalue weighted by Crippen LogP contribution is -2.46. The standard InChI is InChI=1S/C18H31BrN2/c1-7-18(5,13-20-17(2,3)4)14-21(6)12-15-9-8-10-16(19)11-15/h8-11,20H,7,12-14H2,1-6H3. The Morgan fingerprint density at radius 3 is 2.38 bits per heavy atom. The minimum absolute atomic E-state index is 0.180. The Labute approximate surface area is 139 Å². The summed E-state index contributed by atoms with van der Waals surface area (Å²) in [5.74, 6) is 0. The first-order chi connectivity index (χ1) is 9.63. The van der Waals surface area contributed by atoms with Crippen LogP contribution >= 0.6 is 15.9 Å². The van der Waals surface area contributed by atoms with Gasteiger partial charge < -0.3 is 10.2 Å². The molecule has 0 amide bonds. The third-order valence-corrected chi connectivity index (χ3v) is 4.39. The second-order valence-corrected chi connectivity index (χ2v) is 8.49. The first kappa shape index (κ1) is 18.7. The zero-order chi connectivity index (χ0) is 16.1. The van der Waals surface area contributed by atoms with E-state index in [1.54, 1.807) is 0 Å². The smallest absolute Gasteiger partial charge is 0.0231 e.